The fourth-order valence-electron chi connectivity index (χ4n) is 5.71. The molecule has 10 heteroatoms. The predicted octanol–water partition coefficient (Wildman–Crippen LogP) is 3.97. The van der Waals surface area contributed by atoms with E-state index in [1.165, 1.54) is 6.08 Å². The summed E-state index contributed by atoms with van der Waals surface area (Å²) in [5.74, 6) is 0.776. The number of carbonyl (C=O) groups excluding carboxylic acids is 2. The van der Waals surface area contributed by atoms with E-state index < -0.39 is 0 Å². The van der Waals surface area contributed by atoms with Gasteiger partial charge in [0.05, 0.1) is 17.1 Å². The Labute approximate surface area is 246 Å². The highest BCUT2D eigenvalue weighted by molar-refractivity contribution is 6.36. The quantitative estimate of drug-likeness (QED) is 0.394. The minimum absolute atomic E-state index is 0.00190. The molecule has 1 aromatic heterocycles. The lowest BCUT2D eigenvalue weighted by Crippen LogP contribution is -2.54. The molecule has 2 aromatic carbocycles. The van der Waals surface area contributed by atoms with E-state index in [0.717, 1.165) is 58.1 Å². The minimum Gasteiger partial charge on any atom is -0.463 e. The number of hydrogen-bond acceptors (Lipinski definition) is 7. The van der Waals surface area contributed by atoms with Crippen LogP contribution in [-0.2, 0) is 22.4 Å². The number of benzene rings is 2. The number of rotatable bonds is 7. The second-order valence-electron chi connectivity index (χ2n) is 10.8. The zero-order valence-electron chi connectivity index (χ0n) is 24.0. The van der Waals surface area contributed by atoms with E-state index in [1.54, 1.807) is 19.0 Å². The summed E-state index contributed by atoms with van der Waals surface area (Å²) in [7, 11) is 3.46. The number of fused-ring (bicyclic) bond motifs is 2. The van der Waals surface area contributed by atoms with Gasteiger partial charge in [0.2, 0.25) is 11.8 Å². The number of ether oxygens (including phenoxy) is 1. The molecule has 0 saturated carbocycles. The van der Waals surface area contributed by atoms with Gasteiger partial charge >= 0.3 is 6.01 Å². The first kappa shape index (κ1) is 28.7. The van der Waals surface area contributed by atoms with Crippen molar-refractivity contribution in [1.82, 2.24) is 19.8 Å². The van der Waals surface area contributed by atoms with Gasteiger partial charge < -0.3 is 24.3 Å². The Morgan fingerprint density at radius 3 is 2.56 bits per heavy atom. The first-order chi connectivity index (χ1) is 19.8. The van der Waals surface area contributed by atoms with Crippen molar-refractivity contribution in [2.75, 3.05) is 63.2 Å². The third-order valence-electron chi connectivity index (χ3n) is 7.90. The molecule has 3 heterocycles. The molecule has 0 radical (unpaired) electrons. The summed E-state index contributed by atoms with van der Waals surface area (Å²) in [6.07, 6.45) is 3.09. The molecule has 216 valence electrons. The van der Waals surface area contributed by atoms with Crippen LogP contribution in [0.2, 0.25) is 5.02 Å². The Hall–Kier alpha value is -3.85. The molecular weight excluding hydrogens is 540 g/mol. The number of hydrogen-bond donors (Lipinski definition) is 0. The maximum absolute atomic E-state index is 12.4. The molecule has 1 fully saturated rings. The van der Waals surface area contributed by atoms with Gasteiger partial charge in [-0.05, 0) is 36.9 Å². The molecule has 41 heavy (non-hydrogen) atoms. The monoisotopic (exact) mass is 576 g/mol. The van der Waals surface area contributed by atoms with Crippen LogP contribution >= 0.6 is 11.6 Å². The zero-order valence-corrected chi connectivity index (χ0v) is 24.7. The molecule has 5 rings (SSSR count). The van der Waals surface area contributed by atoms with E-state index in [2.05, 4.69) is 40.6 Å². The lowest BCUT2D eigenvalue weighted by atomic mass is 10.1. The Morgan fingerprint density at radius 1 is 1.07 bits per heavy atom. The normalized spacial score (nSPS) is 17.2. The number of piperazine rings is 1. The maximum Gasteiger partial charge on any atom is 0.318 e. The van der Waals surface area contributed by atoms with Gasteiger partial charge in [-0.1, -0.05) is 42.4 Å². The largest absolute Gasteiger partial charge is 0.463 e. The lowest BCUT2D eigenvalue weighted by Gasteiger charge is -2.40. The average Bonchev–Trinajstić information content (AvgIpc) is 3.19. The number of anilines is 2. The fraction of sp³-hybridized carbons (Fsp3) is 0.419. The van der Waals surface area contributed by atoms with Crippen molar-refractivity contribution < 1.29 is 14.3 Å². The van der Waals surface area contributed by atoms with E-state index in [-0.39, 0.29) is 36.9 Å². The molecule has 2 aliphatic heterocycles. The summed E-state index contributed by atoms with van der Waals surface area (Å²) in [6.45, 7) is 9.33. The lowest BCUT2D eigenvalue weighted by molar-refractivity contribution is -0.129. The smallest absolute Gasteiger partial charge is 0.318 e. The van der Waals surface area contributed by atoms with Crippen LogP contribution in [0.5, 0.6) is 6.01 Å². The molecule has 1 atom stereocenters. The Bertz CT molecular complexity index is 1460. The summed E-state index contributed by atoms with van der Waals surface area (Å²) >= 11 is 6.67. The van der Waals surface area contributed by atoms with Gasteiger partial charge in [-0.25, -0.2) is 0 Å². The fourth-order valence-corrected chi connectivity index (χ4v) is 5.99. The highest BCUT2D eigenvalue weighted by Crippen LogP contribution is 2.35. The second kappa shape index (κ2) is 12.3. The third-order valence-corrected chi connectivity index (χ3v) is 8.22. The molecule has 0 aliphatic carbocycles. The van der Waals surface area contributed by atoms with Gasteiger partial charge in [0.1, 0.15) is 12.4 Å². The number of aromatic nitrogens is 2. The van der Waals surface area contributed by atoms with Crippen molar-refractivity contribution in [3.63, 3.8) is 0 Å². The molecule has 3 aromatic rings. The van der Waals surface area contributed by atoms with E-state index in [4.69, 9.17) is 26.3 Å². The second-order valence-corrected chi connectivity index (χ2v) is 11.2. The van der Waals surface area contributed by atoms with Gasteiger partial charge in [-0.15, -0.1) is 0 Å². The van der Waals surface area contributed by atoms with Crippen molar-refractivity contribution >= 4 is 45.7 Å². The molecule has 2 amide bonds. The van der Waals surface area contributed by atoms with Crippen molar-refractivity contribution in [3.05, 3.63) is 65.3 Å². The van der Waals surface area contributed by atoms with Crippen molar-refractivity contribution in [2.24, 2.45) is 0 Å². The molecular formula is C31H37ClN6O3. The Balaban J connectivity index is 1.45. The van der Waals surface area contributed by atoms with E-state index in [1.807, 2.05) is 24.0 Å². The van der Waals surface area contributed by atoms with Gasteiger partial charge in [0.25, 0.3) is 0 Å². The van der Waals surface area contributed by atoms with Gasteiger partial charge in [0.15, 0.2) is 0 Å². The first-order valence-electron chi connectivity index (χ1n) is 14.1. The summed E-state index contributed by atoms with van der Waals surface area (Å²) in [6, 6.07) is 12.6. The minimum atomic E-state index is -0.0577. The summed E-state index contributed by atoms with van der Waals surface area (Å²) in [4.78, 5) is 42.2. The standard InChI is InChI=1S/C31H37ClN6O3/c1-5-27(39)38-18-17-37(20-21(38)2)30-23-12-15-36(26-11-7-9-22-8-6-10-24(32)29(22)26)16-13-25(23)33-31(34-30)41-19-14-28(40)35(3)4/h5-11,21H,1,12-20H2,2-4H3/t21-/m1/s1. The van der Waals surface area contributed by atoms with Crippen molar-refractivity contribution in [2.45, 2.75) is 32.2 Å². The average molecular weight is 577 g/mol. The van der Waals surface area contributed by atoms with Gasteiger partial charge in [-0.2, -0.15) is 9.97 Å². The molecule has 9 nitrogen and oxygen atoms in total. The zero-order chi connectivity index (χ0) is 29.1. The highest BCUT2D eigenvalue weighted by atomic mass is 35.5. The summed E-state index contributed by atoms with van der Waals surface area (Å²) in [5, 5.41) is 2.91. The van der Waals surface area contributed by atoms with E-state index in [9.17, 15) is 9.59 Å². The molecule has 0 N–H and O–H groups in total. The first-order valence-corrected chi connectivity index (χ1v) is 14.5. The number of amides is 2. The third kappa shape index (κ3) is 6.10. The van der Waals surface area contributed by atoms with Crippen LogP contribution < -0.4 is 14.5 Å². The molecule has 0 unspecified atom stereocenters. The van der Waals surface area contributed by atoms with Crippen LogP contribution in [0.4, 0.5) is 11.5 Å². The molecule has 2 aliphatic rings. The highest BCUT2D eigenvalue weighted by Gasteiger charge is 2.31. The number of carbonyl (C=O) groups is 2. The van der Waals surface area contributed by atoms with Crippen LogP contribution in [0.3, 0.4) is 0 Å². The van der Waals surface area contributed by atoms with Crippen LogP contribution in [0.1, 0.15) is 24.6 Å². The SMILES string of the molecule is C=CC(=O)N1CCN(c2nc(OCCC(=O)N(C)C)nc3c2CCN(c2cccc4cccc(Cl)c24)CC3)C[C@H]1C. The molecule has 1 saturated heterocycles. The van der Waals surface area contributed by atoms with Crippen LogP contribution in [-0.4, -0.2) is 91.0 Å². The number of nitrogens with zero attached hydrogens (tertiary/aromatic N) is 6. The summed E-state index contributed by atoms with van der Waals surface area (Å²) in [5.41, 5.74) is 3.17. The topological polar surface area (TPSA) is 82.1 Å². The summed E-state index contributed by atoms with van der Waals surface area (Å²) < 4.78 is 5.95. The maximum atomic E-state index is 12.4. The van der Waals surface area contributed by atoms with E-state index in [0.29, 0.717) is 26.1 Å². The van der Waals surface area contributed by atoms with Crippen molar-refractivity contribution in [3.8, 4) is 6.01 Å². The van der Waals surface area contributed by atoms with Crippen molar-refractivity contribution in [1.29, 1.82) is 0 Å². The van der Waals surface area contributed by atoms with E-state index >= 15 is 0 Å². The van der Waals surface area contributed by atoms with Gasteiger partial charge in [0, 0.05) is 75.9 Å². The Kier molecular flexibility index (Phi) is 8.63. The van der Waals surface area contributed by atoms with Crippen LogP contribution in [0.25, 0.3) is 10.8 Å². The van der Waals surface area contributed by atoms with Gasteiger partial charge in [-0.3, -0.25) is 9.59 Å². The molecule has 0 spiro atoms. The number of halogens is 1. The molecule has 0 bridgehead atoms. The predicted molar refractivity (Wildman–Crippen MR) is 163 cm³/mol. The Morgan fingerprint density at radius 2 is 1.83 bits per heavy atom. The van der Waals surface area contributed by atoms with Crippen LogP contribution in [0.15, 0.2) is 49.1 Å². The van der Waals surface area contributed by atoms with Crippen LogP contribution in [0, 0.1) is 0 Å².